The lowest BCUT2D eigenvalue weighted by Crippen LogP contribution is -2.24. The minimum absolute atomic E-state index is 0.0129. The number of amides is 1. The van der Waals surface area contributed by atoms with E-state index in [0.29, 0.717) is 17.8 Å². The predicted octanol–water partition coefficient (Wildman–Crippen LogP) is 6.03. The Labute approximate surface area is 190 Å². The molecule has 0 aliphatic heterocycles. The molecule has 5 nitrogen and oxygen atoms in total. The van der Waals surface area contributed by atoms with Gasteiger partial charge in [-0.15, -0.1) is 0 Å². The van der Waals surface area contributed by atoms with Gasteiger partial charge in [-0.1, -0.05) is 12.8 Å². The van der Waals surface area contributed by atoms with Crippen LogP contribution in [0.2, 0.25) is 0 Å². The van der Waals surface area contributed by atoms with E-state index in [0.717, 1.165) is 36.9 Å². The third-order valence-corrected chi connectivity index (χ3v) is 5.71. The van der Waals surface area contributed by atoms with Crippen LogP contribution in [0.25, 0.3) is 11.3 Å². The Morgan fingerprint density at radius 3 is 2.09 bits per heavy atom. The minimum Gasteiger partial charge on any atom is -0.346 e. The fourth-order valence-electron chi connectivity index (χ4n) is 4.06. The molecule has 1 amide bonds. The van der Waals surface area contributed by atoms with Crippen molar-refractivity contribution in [1.82, 2.24) is 20.1 Å². The molecule has 180 valence electrons. The van der Waals surface area contributed by atoms with Crippen LogP contribution in [0.3, 0.4) is 0 Å². The van der Waals surface area contributed by atoms with Gasteiger partial charge in [-0.2, -0.15) is 31.4 Å². The molecule has 1 fully saturated rings. The first-order chi connectivity index (χ1) is 16.0. The van der Waals surface area contributed by atoms with Crippen molar-refractivity contribution in [3.05, 3.63) is 71.2 Å². The lowest BCUT2D eigenvalue weighted by atomic mass is 10.0. The minimum atomic E-state index is -5.03. The largest absolute Gasteiger partial charge is 0.416 e. The summed E-state index contributed by atoms with van der Waals surface area (Å²) >= 11 is 0. The summed E-state index contributed by atoms with van der Waals surface area (Å²) in [4.78, 5) is 16.5. The number of hydrogen-bond donors (Lipinski definition) is 1. The van der Waals surface area contributed by atoms with Crippen molar-refractivity contribution < 1.29 is 31.1 Å². The molecule has 0 radical (unpaired) electrons. The van der Waals surface area contributed by atoms with E-state index in [2.05, 4.69) is 15.4 Å². The van der Waals surface area contributed by atoms with E-state index in [1.807, 2.05) is 16.8 Å². The van der Waals surface area contributed by atoms with E-state index >= 15 is 0 Å². The van der Waals surface area contributed by atoms with Crippen molar-refractivity contribution in [3.8, 4) is 11.3 Å². The van der Waals surface area contributed by atoms with Crippen LogP contribution in [0.5, 0.6) is 0 Å². The van der Waals surface area contributed by atoms with Crippen molar-refractivity contribution in [1.29, 1.82) is 0 Å². The predicted molar refractivity (Wildman–Crippen MR) is 111 cm³/mol. The first kappa shape index (κ1) is 23.8. The molecule has 2 heterocycles. The van der Waals surface area contributed by atoms with Gasteiger partial charge in [0, 0.05) is 23.5 Å². The van der Waals surface area contributed by atoms with Gasteiger partial charge in [0.1, 0.15) is 0 Å². The summed E-state index contributed by atoms with van der Waals surface area (Å²) in [6, 6.07) is 6.35. The van der Waals surface area contributed by atoms with Crippen LogP contribution in [0, 0.1) is 0 Å². The number of halogens is 6. The van der Waals surface area contributed by atoms with Crippen LogP contribution in [-0.2, 0) is 18.9 Å². The third kappa shape index (κ3) is 5.23. The normalized spacial score (nSPS) is 15.0. The van der Waals surface area contributed by atoms with Gasteiger partial charge in [0.05, 0.1) is 35.1 Å². The average molecular weight is 482 g/mol. The van der Waals surface area contributed by atoms with Crippen molar-refractivity contribution in [2.24, 2.45) is 0 Å². The lowest BCUT2D eigenvalue weighted by molar-refractivity contribution is -0.143. The molecule has 4 rings (SSSR count). The van der Waals surface area contributed by atoms with Crippen LogP contribution in [0.1, 0.15) is 58.9 Å². The second kappa shape index (κ2) is 9.11. The van der Waals surface area contributed by atoms with Crippen LogP contribution in [0.15, 0.2) is 48.8 Å². The Bertz CT molecular complexity index is 1130. The van der Waals surface area contributed by atoms with Crippen molar-refractivity contribution >= 4 is 5.91 Å². The molecular formula is C23H20F6N4O. The summed E-state index contributed by atoms with van der Waals surface area (Å²) in [5.74, 6) is -1.06. The summed E-state index contributed by atoms with van der Waals surface area (Å²) in [6.45, 7) is -0.158. The molecule has 0 spiro atoms. The van der Waals surface area contributed by atoms with E-state index < -0.39 is 35.0 Å². The molecule has 1 N–H and O–H groups in total. The number of pyridine rings is 1. The number of aromatic nitrogens is 3. The fourth-order valence-corrected chi connectivity index (χ4v) is 4.06. The molecule has 0 saturated heterocycles. The fraction of sp³-hybridized carbons (Fsp3) is 0.348. The standard InChI is InChI=1S/C23H20F6N4O/c24-22(25,26)16-9-15(10-17(11-16)23(27,28)29)21(34)31-13-18-12-20(14-5-7-30-8-6-14)33(32-18)19-3-1-2-4-19/h5-12,19H,1-4,13H2,(H,31,34). The molecule has 1 aromatic carbocycles. The Kier molecular flexibility index (Phi) is 6.37. The molecule has 0 atom stereocenters. The van der Waals surface area contributed by atoms with E-state index in [1.165, 1.54) is 0 Å². The van der Waals surface area contributed by atoms with E-state index in [9.17, 15) is 31.1 Å². The number of benzene rings is 1. The second-order valence-corrected chi connectivity index (χ2v) is 8.12. The summed E-state index contributed by atoms with van der Waals surface area (Å²) in [7, 11) is 0. The highest BCUT2D eigenvalue weighted by Gasteiger charge is 2.37. The highest BCUT2D eigenvalue weighted by Crippen LogP contribution is 2.37. The highest BCUT2D eigenvalue weighted by molar-refractivity contribution is 5.94. The van der Waals surface area contributed by atoms with Gasteiger partial charge < -0.3 is 5.32 Å². The molecular weight excluding hydrogens is 462 g/mol. The number of carbonyl (C=O) groups excluding carboxylic acids is 1. The van der Waals surface area contributed by atoms with Gasteiger partial charge in [-0.05, 0) is 49.2 Å². The van der Waals surface area contributed by atoms with E-state index in [4.69, 9.17) is 0 Å². The highest BCUT2D eigenvalue weighted by atomic mass is 19.4. The van der Waals surface area contributed by atoms with Gasteiger partial charge in [0.2, 0.25) is 0 Å². The van der Waals surface area contributed by atoms with Crippen LogP contribution >= 0.6 is 0 Å². The second-order valence-electron chi connectivity index (χ2n) is 8.12. The zero-order valence-corrected chi connectivity index (χ0v) is 17.7. The number of rotatable bonds is 5. The number of nitrogens with zero attached hydrogens (tertiary/aromatic N) is 3. The van der Waals surface area contributed by atoms with Crippen molar-refractivity contribution in [2.45, 2.75) is 50.6 Å². The zero-order valence-electron chi connectivity index (χ0n) is 17.7. The Hall–Kier alpha value is -3.37. The third-order valence-electron chi connectivity index (χ3n) is 5.71. The van der Waals surface area contributed by atoms with Crippen LogP contribution < -0.4 is 5.32 Å². The first-order valence-electron chi connectivity index (χ1n) is 10.6. The Morgan fingerprint density at radius 1 is 0.941 bits per heavy atom. The summed E-state index contributed by atoms with van der Waals surface area (Å²) in [5.41, 5.74) is -1.71. The summed E-state index contributed by atoms with van der Waals surface area (Å²) in [6.07, 6.45) is -2.80. The topological polar surface area (TPSA) is 59.8 Å². The maximum atomic E-state index is 13.1. The Balaban J connectivity index is 1.59. The lowest BCUT2D eigenvalue weighted by Gasteiger charge is -2.14. The number of hydrogen-bond acceptors (Lipinski definition) is 3. The molecule has 3 aromatic rings. The zero-order chi connectivity index (χ0) is 24.5. The van der Waals surface area contributed by atoms with Crippen LogP contribution in [0.4, 0.5) is 26.3 Å². The molecule has 11 heteroatoms. The molecule has 0 bridgehead atoms. The SMILES string of the molecule is O=C(NCc1cc(-c2ccncc2)n(C2CCCC2)n1)c1cc(C(F)(F)F)cc(C(F)(F)F)c1. The van der Waals surface area contributed by atoms with Gasteiger partial charge >= 0.3 is 12.4 Å². The average Bonchev–Trinajstić information content (AvgIpc) is 3.46. The maximum Gasteiger partial charge on any atom is 0.416 e. The number of carbonyl (C=O) groups is 1. The molecule has 1 aliphatic rings. The van der Waals surface area contributed by atoms with E-state index in [-0.39, 0.29) is 18.7 Å². The number of nitrogens with one attached hydrogen (secondary N) is 1. The summed E-state index contributed by atoms with van der Waals surface area (Å²) < 4.78 is 80.4. The van der Waals surface area contributed by atoms with Crippen LogP contribution in [-0.4, -0.2) is 20.7 Å². The smallest absolute Gasteiger partial charge is 0.346 e. The van der Waals surface area contributed by atoms with Gasteiger partial charge in [-0.3, -0.25) is 14.5 Å². The molecule has 1 saturated carbocycles. The van der Waals surface area contributed by atoms with Gasteiger partial charge in [0.25, 0.3) is 5.91 Å². The maximum absolute atomic E-state index is 13.1. The number of alkyl halides is 6. The van der Waals surface area contributed by atoms with Crippen molar-refractivity contribution in [2.75, 3.05) is 0 Å². The molecule has 2 aromatic heterocycles. The van der Waals surface area contributed by atoms with E-state index in [1.54, 1.807) is 18.5 Å². The molecule has 34 heavy (non-hydrogen) atoms. The molecule has 0 unspecified atom stereocenters. The monoisotopic (exact) mass is 482 g/mol. The van der Waals surface area contributed by atoms with Gasteiger partial charge in [0.15, 0.2) is 0 Å². The summed E-state index contributed by atoms with van der Waals surface area (Å²) in [5, 5.41) is 6.96. The molecule has 1 aliphatic carbocycles. The quantitative estimate of drug-likeness (QED) is 0.452. The van der Waals surface area contributed by atoms with Gasteiger partial charge in [-0.25, -0.2) is 0 Å². The van der Waals surface area contributed by atoms with Crippen molar-refractivity contribution in [3.63, 3.8) is 0 Å². The first-order valence-corrected chi connectivity index (χ1v) is 10.6. The Morgan fingerprint density at radius 2 is 1.53 bits per heavy atom.